The van der Waals surface area contributed by atoms with E-state index in [0.717, 1.165) is 0 Å². The van der Waals surface area contributed by atoms with E-state index in [-0.39, 0.29) is 35.6 Å². The van der Waals surface area contributed by atoms with Gasteiger partial charge in [0, 0.05) is 23.7 Å². The highest BCUT2D eigenvalue weighted by molar-refractivity contribution is 6.30. The van der Waals surface area contributed by atoms with Crippen molar-refractivity contribution >= 4 is 29.3 Å². The van der Waals surface area contributed by atoms with Gasteiger partial charge < -0.3 is 4.90 Å². The molecule has 1 aliphatic carbocycles. The van der Waals surface area contributed by atoms with Crippen LogP contribution in [0.4, 0.5) is 0 Å². The number of carbonyl (C=O) groups is 3. The minimum atomic E-state index is -0.205. The number of nitrogens with zero attached hydrogens (tertiary/aromatic N) is 2. The van der Waals surface area contributed by atoms with Crippen LogP contribution >= 0.6 is 11.6 Å². The monoisotopic (exact) mass is 344 g/mol. The predicted octanol–water partition coefficient (Wildman–Crippen LogP) is 2.12. The molecule has 24 heavy (non-hydrogen) atoms. The summed E-state index contributed by atoms with van der Waals surface area (Å²) in [5, 5.41) is 0.581. The predicted molar refractivity (Wildman–Crippen MR) is 88.4 cm³/mol. The van der Waals surface area contributed by atoms with Crippen molar-refractivity contribution in [2.24, 2.45) is 11.8 Å². The fraction of sp³-hybridized carbons (Fsp3) is 0.389. The summed E-state index contributed by atoms with van der Waals surface area (Å²) in [6.07, 6.45) is 5.25. The lowest BCUT2D eigenvalue weighted by Gasteiger charge is -2.43. The fourth-order valence-electron chi connectivity index (χ4n) is 3.75. The highest BCUT2D eigenvalue weighted by Gasteiger charge is 2.52. The van der Waals surface area contributed by atoms with Crippen molar-refractivity contribution in [1.82, 2.24) is 9.80 Å². The largest absolute Gasteiger partial charge is 0.334 e. The molecule has 6 heteroatoms. The molecule has 0 N–H and O–H groups in total. The van der Waals surface area contributed by atoms with E-state index >= 15 is 0 Å². The van der Waals surface area contributed by atoms with E-state index < -0.39 is 0 Å². The summed E-state index contributed by atoms with van der Waals surface area (Å²) in [5.41, 5.74) is 0.565. The van der Waals surface area contributed by atoms with Crippen LogP contribution in [0.25, 0.3) is 0 Å². The van der Waals surface area contributed by atoms with Gasteiger partial charge in [-0.3, -0.25) is 19.3 Å². The Morgan fingerprint density at radius 3 is 2.04 bits per heavy atom. The zero-order valence-corrected chi connectivity index (χ0v) is 13.8. The number of amides is 3. The van der Waals surface area contributed by atoms with Crippen molar-refractivity contribution in [1.29, 1.82) is 0 Å². The maximum atomic E-state index is 12.5. The van der Waals surface area contributed by atoms with Crippen molar-refractivity contribution in [3.8, 4) is 0 Å². The minimum Gasteiger partial charge on any atom is -0.334 e. The molecular formula is C18H17ClN2O3. The van der Waals surface area contributed by atoms with Crippen LogP contribution in [-0.2, 0) is 9.59 Å². The Kier molecular flexibility index (Phi) is 3.68. The molecule has 4 rings (SSSR count). The molecule has 124 valence electrons. The zero-order valence-electron chi connectivity index (χ0n) is 13.0. The van der Waals surface area contributed by atoms with Crippen molar-refractivity contribution in [3.63, 3.8) is 0 Å². The van der Waals surface area contributed by atoms with Crippen LogP contribution in [0.1, 0.15) is 23.2 Å². The quantitative estimate of drug-likeness (QED) is 0.610. The maximum absolute atomic E-state index is 12.5. The number of likely N-dealkylation sites (tertiary alicyclic amines) is 2. The minimum absolute atomic E-state index is 0.0714. The lowest BCUT2D eigenvalue weighted by atomic mass is 9.85. The van der Waals surface area contributed by atoms with E-state index in [4.69, 9.17) is 11.6 Å². The topological polar surface area (TPSA) is 57.7 Å². The third kappa shape index (κ3) is 2.35. The lowest BCUT2D eigenvalue weighted by molar-refractivity contribution is -0.145. The summed E-state index contributed by atoms with van der Waals surface area (Å²) in [5.74, 6) is -0.649. The molecule has 2 atom stereocenters. The molecule has 2 aliphatic heterocycles. The Hall–Kier alpha value is -2.14. The van der Waals surface area contributed by atoms with E-state index in [2.05, 4.69) is 0 Å². The molecule has 0 radical (unpaired) electrons. The van der Waals surface area contributed by atoms with Crippen LogP contribution in [0.5, 0.6) is 0 Å². The van der Waals surface area contributed by atoms with Crippen LogP contribution in [0.2, 0.25) is 5.02 Å². The van der Waals surface area contributed by atoms with Gasteiger partial charge in [0.1, 0.15) is 0 Å². The normalized spacial score (nSPS) is 26.5. The Bertz CT molecular complexity index is 711. The Morgan fingerprint density at radius 1 is 0.958 bits per heavy atom. The number of hydrogen-bond donors (Lipinski definition) is 0. The number of fused-ring (bicyclic) bond motifs is 1. The summed E-state index contributed by atoms with van der Waals surface area (Å²) in [4.78, 5) is 40.5. The maximum Gasteiger partial charge on any atom is 0.253 e. The Balaban J connectivity index is 1.42. The molecule has 1 aromatic carbocycles. The molecule has 3 amide bonds. The van der Waals surface area contributed by atoms with Crippen LogP contribution in [0, 0.1) is 11.8 Å². The second kappa shape index (κ2) is 5.74. The number of rotatable bonds is 2. The zero-order chi connectivity index (χ0) is 16.8. The number of halogens is 1. The molecule has 2 unspecified atom stereocenters. The van der Waals surface area contributed by atoms with Crippen LogP contribution < -0.4 is 0 Å². The molecule has 2 fully saturated rings. The first kappa shape index (κ1) is 15.4. The average Bonchev–Trinajstić information content (AvgIpc) is 2.80. The van der Waals surface area contributed by atoms with Crippen molar-refractivity contribution in [2.45, 2.75) is 18.9 Å². The number of allylic oxidation sites excluding steroid dienone is 2. The average molecular weight is 345 g/mol. The van der Waals surface area contributed by atoms with Crippen molar-refractivity contribution < 1.29 is 14.4 Å². The van der Waals surface area contributed by atoms with E-state index in [1.165, 1.54) is 4.90 Å². The van der Waals surface area contributed by atoms with Gasteiger partial charge in [0.2, 0.25) is 11.8 Å². The van der Waals surface area contributed by atoms with Crippen LogP contribution in [-0.4, -0.2) is 46.7 Å². The second-order valence-corrected chi connectivity index (χ2v) is 7.01. The molecule has 3 aliphatic rings. The van der Waals surface area contributed by atoms with Gasteiger partial charge in [-0.15, -0.1) is 0 Å². The van der Waals surface area contributed by atoms with E-state index in [0.29, 0.717) is 36.5 Å². The first-order valence-electron chi connectivity index (χ1n) is 8.13. The first-order chi connectivity index (χ1) is 11.6. The van der Waals surface area contributed by atoms with Gasteiger partial charge in [-0.25, -0.2) is 0 Å². The Labute approximate surface area is 144 Å². The molecular weight excluding hydrogens is 328 g/mol. The van der Waals surface area contributed by atoms with Gasteiger partial charge in [0.25, 0.3) is 5.91 Å². The Morgan fingerprint density at radius 2 is 1.50 bits per heavy atom. The van der Waals surface area contributed by atoms with Crippen LogP contribution in [0.3, 0.4) is 0 Å². The van der Waals surface area contributed by atoms with Gasteiger partial charge in [-0.05, 0) is 37.1 Å². The van der Waals surface area contributed by atoms with Gasteiger partial charge >= 0.3 is 0 Å². The number of imide groups is 1. The summed E-state index contributed by atoms with van der Waals surface area (Å²) in [6, 6.07) is 6.54. The van der Waals surface area contributed by atoms with Gasteiger partial charge in [0.05, 0.1) is 17.9 Å². The molecule has 1 aromatic rings. The molecule has 0 aromatic heterocycles. The van der Waals surface area contributed by atoms with E-state index in [1.807, 2.05) is 12.2 Å². The number of hydrogen-bond acceptors (Lipinski definition) is 3. The van der Waals surface area contributed by atoms with Gasteiger partial charge in [-0.1, -0.05) is 23.8 Å². The van der Waals surface area contributed by atoms with Crippen molar-refractivity contribution in [3.05, 3.63) is 47.0 Å². The third-order valence-corrected chi connectivity index (χ3v) is 5.40. The van der Waals surface area contributed by atoms with Crippen molar-refractivity contribution in [2.75, 3.05) is 13.1 Å². The molecule has 5 nitrogen and oxygen atoms in total. The number of benzene rings is 1. The SMILES string of the molecule is O=C(c1ccc(Cl)cc1)N1CC(N2C(=O)C3CC=CCC3C2=O)C1. The third-order valence-electron chi connectivity index (χ3n) is 5.15. The molecule has 2 heterocycles. The molecule has 2 saturated heterocycles. The molecule has 0 bridgehead atoms. The summed E-state index contributed by atoms with van der Waals surface area (Å²) in [6.45, 7) is 0.817. The lowest BCUT2D eigenvalue weighted by Crippen LogP contribution is -2.62. The van der Waals surface area contributed by atoms with Crippen LogP contribution in [0.15, 0.2) is 36.4 Å². The molecule has 0 spiro atoms. The van der Waals surface area contributed by atoms with Gasteiger partial charge in [0.15, 0.2) is 0 Å². The molecule has 0 saturated carbocycles. The summed E-state index contributed by atoms with van der Waals surface area (Å²) < 4.78 is 0. The smallest absolute Gasteiger partial charge is 0.253 e. The van der Waals surface area contributed by atoms with E-state index in [9.17, 15) is 14.4 Å². The highest BCUT2D eigenvalue weighted by Crippen LogP contribution is 2.37. The fourth-order valence-corrected chi connectivity index (χ4v) is 3.87. The van der Waals surface area contributed by atoms with Gasteiger partial charge in [-0.2, -0.15) is 0 Å². The van der Waals surface area contributed by atoms with E-state index in [1.54, 1.807) is 29.2 Å². The number of carbonyl (C=O) groups excluding carboxylic acids is 3. The standard InChI is InChI=1S/C18H17ClN2O3/c19-12-7-5-11(6-8-12)16(22)20-9-13(10-20)21-17(23)14-3-1-2-4-15(14)18(21)24/h1-2,5-8,13-15H,3-4,9-10H2. The first-order valence-corrected chi connectivity index (χ1v) is 8.51. The second-order valence-electron chi connectivity index (χ2n) is 6.57. The highest BCUT2D eigenvalue weighted by atomic mass is 35.5. The summed E-state index contributed by atoms with van der Waals surface area (Å²) in [7, 11) is 0. The summed E-state index contributed by atoms with van der Waals surface area (Å²) >= 11 is 5.83.